The molecule has 0 bridgehead atoms. The molecule has 0 saturated carbocycles. The van der Waals surface area contributed by atoms with Gasteiger partial charge in [-0.1, -0.05) is 17.8 Å². The van der Waals surface area contributed by atoms with Crippen LogP contribution in [0.15, 0.2) is 52.2 Å². The third kappa shape index (κ3) is 3.94. The van der Waals surface area contributed by atoms with E-state index in [9.17, 15) is 9.59 Å². The Kier molecular flexibility index (Phi) is 5.37. The molecule has 2 heterocycles. The second kappa shape index (κ2) is 7.87. The van der Waals surface area contributed by atoms with Gasteiger partial charge in [-0.3, -0.25) is 9.36 Å². The van der Waals surface area contributed by atoms with E-state index in [1.54, 1.807) is 30.5 Å². The van der Waals surface area contributed by atoms with Crippen LogP contribution < -0.4 is 5.32 Å². The van der Waals surface area contributed by atoms with Crippen LogP contribution in [0.4, 0.5) is 5.69 Å². The van der Waals surface area contributed by atoms with Crippen LogP contribution >= 0.6 is 11.8 Å². The van der Waals surface area contributed by atoms with Crippen molar-refractivity contribution in [3.8, 4) is 11.6 Å². The minimum Gasteiger partial charge on any atom is -0.478 e. The number of rotatable bonds is 7. The number of thioether (sulfide) groups is 1. The molecule has 0 aliphatic rings. The van der Waals surface area contributed by atoms with E-state index < -0.39 is 5.97 Å². The Morgan fingerprint density at radius 2 is 2.12 bits per heavy atom. The summed E-state index contributed by atoms with van der Waals surface area (Å²) in [5, 5.41) is 20.5. The fourth-order valence-corrected chi connectivity index (χ4v) is 3.13. The Morgan fingerprint density at radius 3 is 2.81 bits per heavy atom. The van der Waals surface area contributed by atoms with Gasteiger partial charge in [0.15, 0.2) is 16.7 Å². The summed E-state index contributed by atoms with van der Waals surface area (Å²) in [4.78, 5) is 23.1. The maximum absolute atomic E-state index is 12.1. The second-order valence-electron chi connectivity index (χ2n) is 5.25. The molecule has 0 aliphatic carbocycles. The monoisotopic (exact) mass is 372 g/mol. The Hall–Kier alpha value is -3.07. The summed E-state index contributed by atoms with van der Waals surface area (Å²) in [6, 6.07) is 9.66. The smallest absolute Gasteiger partial charge is 0.335 e. The lowest BCUT2D eigenvalue weighted by atomic mass is 10.2. The molecule has 9 heteroatoms. The molecule has 0 radical (unpaired) electrons. The van der Waals surface area contributed by atoms with Crippen molar-refractivity contribution in [3.63, 3.8) is 0 Å². The van der Waals surface area contributed by atoms with E-state index in [0.29, 0.717) is 29.0 Å². The molecule has 3 rings (SSSR count). The van der Waals surface area contributed by atoms with Crippen LogP contribution in [-0.2, 0) is 11.3 Å². The molecule has 2 aromatic heterocycles. The molecule has 0 atom stereocenters. The van der Waals surface area contributed by atoms with Gasteiger partial charge in [0.1, 0.15) is 0 Å². The second-order valence-corrected chi connectivity index (χ2v) is 6.19. The molecule has 8 nitrogen and oxygen atoms in total. The van der Waals surface area contributed by atoms with Gasteiger partial charge >= 0.3 is 5.97 Å². The minimum absolute atomic E-state index is 0.115. The van der Waals surface area contributed by atoms with Crippen molar-refractivity contribution in [1.82, 2.24) is 14.8 Å². The summed E-state index contributed by atoms with van der Waals surface area (Å²) in [5.41, 5.74) is 0.549. The Labute approximate surface area is 153 Å². The van der Waals surface area contributed by atoms with Gasteiger partial charge in [-0.25, -0.2) is 4.79 Å². The maximum atomic E-state index is 12.1. The van der Waals surface area contributed by atoms with Gasteiger partial charge in [0.2, 0.25) is 5.91 Å². The topological polar surface area (TPSA) is 110 Å². The molecule has 0 saturated heterocycles. The van der Waals surface area contributed by atoms with Gasteiger partial charge in [0, 0.05) is 12.2 Å². The first kappa shape index (κ1) is 17.7. The molecule has 0 unspecified atom stereocenters. The standard InChI is InChI=1S/C17H16N4O4S/c1-2-21-15(13-7-4-8-25-13)19-20-17(21)26-10-14(22)18-12-6-3-5-11(9-12)16(23)24/h3-9H,2,10H2,1H3,(H,18,22)(H,23,24). The summed E-state index contributed by atoms with van der Waals surface area (Å²) >= 11 is 1.25. The molecule has 3 aromatic rings. The third-order valence-electron chi connectivity index (χ3n) is 3.50. The number of furan rings is 1. The van der Waals surface area contributed by atoms with Crippen molar-refractivity contribution in [2.75, 3.05) is 11.1 Å². The highest BCUT2D eigenvalue weighted by Gasteiger charge is 2.16. The Balaban J connectivity index is 1.65. The van der Waals surface area contributed by atoms with Crippen molar-refractivity contribution < 1.29 is 19.1 Å². The van der Waals surface area contributed by atoms with E-state index >= 15 is 0 Å². The van der Waals surface area contributed by atoms with Crippen LogP contribution in [-0.4, -0.2) is 37.5 Å². The summed E-state index contributed by atoms with van der Waals surface area (Å²) in [7, 11) is 0. The number of amides is 1. The summed E-state index contributed by atoms with van der Waals surface area (Å²) in [6.07, 6.45) is 1.56. The first-order chi connectivity index (χ1) is 12.6. The van der Waals surface area contributed by atoms with Crippen LogP contribution in [0.1, 0.15) is 17.3 Å². The zero-order valence-corrected chi connectivity index (χ0v) is 14.7. The van der Waals surface area contributed by atoms with Gasteiger partial charge in [0.25, 0.3) is 0 Å². The summed E-state index contributed by atoms with van der Waals surface area (Å²) in [6.45, 7) is 2.59. The summed E-state index contributed by atoms with van der Waals surface area (Å²) < 4.78 is 7.21. The highest BCUT2D eigenvalue weighted by atomic mass is 32.2. The van der Waals surface area contributed by atoms with E-state index in [1.807, 2.05) is 11.5 Å². The highest BCUT2D eigenvalue weighted by molar-refractivity contribution is 7.99. The number of aromatic carboxylic acids is 1. The van der Waals surface area contributed by atoms with Crippen molar-refractivity contribution in [1.29, 1.82) is 0 Å². The fraction of sp³-hybridized carbons (Fsp3) is 0.176. The number of carboxylic acids is 1. The lowest BCUT2D eigenvalue weighted by molar-refractivity contribution is -0.113. The minimum atomic E-state index is -1.04. The van der Waals surface area contributed by atoms with E-state index in [2.05, 4.69) is 15.5 Å². The van der Waals surface area contributed by atoms with Crippen LogP contribution in [0.25, 0.3) is 11.6 Å². The molecule has 0 fully saturated rings. The number of aromatic nitrogens is 3. The number of benzene rings is 1. The van der Waals surface area contributed by atoms with E-state index in [4.69, 9.17) is 9.52 Å². The van der Waals surface area contributed by atoms with Crippen LogP contribution in [0, 0.1) is 0 Å². The first-order valence-corrected chi connectivity index (χ1v) is 8.80. The number of hydrogen-bond acceptors (Lipinski definition) is 6. The largest absolute Gasteiger partial charge is 0.478 e. The number of anilines is 1. The normalized spacial score (nSPS) is 10.7. The number of nitrogens with one attached hydrogen (secondary N) is 1. The van der Waals surface area contributed by atoms with Crippen LogP contribution in [0.2, 0.25) is 0 Å². The quantitative estimate of drug-likeness (QED) is 0.613. The average Bonchev–Trinajstić information content (AvgIpc) is 3.29. The number of nitrogens with zero attached hydrogens (tertiary/aromatic N) is 3. The molecule has 134 valence electrons. The number of hydrogen-bond donors (Lipinski definition) is 2. The van der Waals surface area contributed by atoms with Gasteiger partial charge in [-0.15, -0.1) is 10.2 Å². The lowest BCUT2D eigenvalue weighted by Gasteiger charge is -2.07. The molecular formula is C17H16N4O4S. The van der Waals surface area contributed by atoms with Crippen molar-refractivity contribution in [2.24, 2.45) is 0 Å². The lowest BCUT2D eigenvalue weighted by Crippen LogP contribution is -2.15. The molecule has 1 aromatic carbocycles. The van der Waals surface area contributed by atoms with Gasteiger partial charge in [-0.05, 0) is 37.3 Å². The third-order valence-corrected chi connectivity index (χ3v) is 4.47. The van der Waals surface area contributed by atoms with Crippen LogP contribution in [0.3, 0.4) is 0 Å². The average molecular weight is 372 g/mol. The van der Waals surface area contributed by atoms with Gasteiger partial charge < -0.3 is 14.8 Å². The molecular weight excluding hydrogens is 356 g/mol. The van der Waals surface area contributed by atoms with Crippen molar-refractivity contribution >= 4 is 29.3 Å². The van der Waals surface area contributed by atoms with Crippen LogP contribution in [0.5, 0.6) is 0 Å². The zero-order valence-electron chi connectivity index (χ0n) is 13.9. The maximum Gasteiger partial charge on any atom is 0.335 e. The molecule has 26 heavy (non-hydrogen) atoms. The van der Waals surface area contributed by atoms with Crippen molar-refractivity contribution in [2.45, 2.75) is 18.6 Å². The Bertz CT molecular complexity index is 921. The van der Waals surface area contributed by atoms with Gasteiger partial charge in [0.05, 0.1) is 17.6 Å². The predicted octanol–water partition coefficient (Wildman–Crippen LogP) is 2.99. The van der Waals surface area contributed by atoms with Crippen molar-refractivity contribution in [3.05, 3.63) is 48.2 Å². The predicted molar refractivity (Wildman–Crippen MR) is 96.2 cm³/mol. The number of carbonyl (C=O) groups excluding carboxylic acids is 1. The number of carboxylic acid groups (broad SMARTS) is 1. The van der Waals surface area contributed by atoms with Gasteiger partial charge in [-0.2, -0.15) is 0 Å². The van der Waals surface area contributed by atoms with E-state index in [-0.39, 0.29) is 17.2 Å². The summed E-state index contributed by atoms with van der Waals surface area (Å²) in [5.74, 6) is 0.0311. The molecule has 0 aliphatic heterocycles. The highest BCUT2D eigenvalue weighted by Crippen LogP contribution is 2.24. The van der Waals surface area contributed by atoms with E-state index in [1.165, 1.54) is 23.9 Å². The first-order valence-electron chi connectivity index (χ1n) is 7.81. The molecule has 2 N–H and O–H groups in total. The molecule has 1 amide bonds. The Morgan fingerprint density at radius 1 is 1.27 bits per heavy atom. The molecule has 0 spiro atoms. The zero-order chi connectivity index (χ0) is 18.5. The van der Waals surface area contributed by atoms with E-state index in [0.717, 1.165) is 0 Å². The SMILES string of the molecule is CCn1c(SCC(=O)Nc2cccc(C(=O)O)c2)nnc1-c1ccco1. The fourth-order valence-electron chi connectivity index (χ4n) is 2.33. The number of carbonyl (C=O) groups is 2.